The van der Waals surface area contributed by atoms with Gasteiger partial charge in [-0.25, -0.2) is 0 Å². The molecule has 0 atom stereocenters. The average Bonchev–Trinajstić information content (AvgIpc) is 1.63. The second kappa shape index (κ2) is 4.42. The third-order valence-corrected chi connectivity index (χ3v) is 1.12. The van der Waals surface area contributed by atoms with Crippen molar-refractivity contribution in [1.29, 1.82) is 0 Å². The highest BCUT2D eigenvalue weighted by Crippen LogP contribution is 2.02. The van der Waals surface area contributed by atoms with Crippen LogP contribution in [-0.4, -0.2) is 19.0 Å². The Kier molecular flexibility index (Phi) is 4.20. The zero-order chi connectivity index (χ0) is 7.28. The number of allylic oxidation sites excluding steroid dienone is 1. The van der Waals surface area contributed by atoms with Gasteiger partial charge in [-0.3, -0.25) is 0 Å². The van der Waals surface area contributed by atoms with E-state index in [2.05, 4.69) is 39.0 Å². The molecule has 0 aliphatic carbocycles. The summed E-state index contributed by atoms with van der Waals surface area (Å²) >= 11 is 0. The maximum atomic E-state index is 2.20. The van der Waals surface area contributed by atoms with Gasteiger partial charge in [0.15, 0.2) is 0 Å². The third-order valence-electron chi connectivity index (χ3n) is 1.12. The summed E-state index contributed by atoms with van der Waals surface area (Å²) in [6, 6.07) is 0. The minimum atomic E-state index is 1.22. The van der Waals surface area contributed by atoms with Crippen molar-refractivity contribution in [3.63, 3.8) is 0 Å². The first-order chi connectivity index (χ1) is 4.16. The van der Waals surface area contributed by atoms with Crippen LogP contribution < -0.4 is 0 Å². The van der Waals surface area contributed by atoms with E-state index in [0.29, 0.717) is 0 Å². The molecule has 0 aromatic rings. The molecule has 0 saturated carbocycles. The minimum Gasteiger partial charge on any atom is -0.384 e. The Morgan fingerprint density at radius 2 is 2.00 bits per heavy atom. The van der Waals surface area contributed by atoms with Crippen LogP contribution in [0.5, 0.6) is 0 Å². The summed E-state index contributed by atoms with van der Waals surface area (Å²) in [4.78, 5) is 2.09. The topological polar surface area (TPSA) is 3.24 Å². The molecule has 0 aliphatic rings. The van der Waals surface area contributed by atoms with Crippen molar-refractivity contribution >= 4 is 0 Å². The molecule has 9 heavy (non-hydrogen) atoms. The van der Waals surface area contributed by atoms with Crippen molar-refractivity contribution < 1.29 is 0 Å². The van der Waals surface area contributed by atoms with Gasteiger partial charge in [-0.05, 0) is 19.5 Å². The summed E-state index contributed by atoms with van der Waals surface area (Å²) in [5.74, 6) is 0. The number of nitrogens with zero attached hydrogens (tertiary/aromatic N) is 1. The van der Waals surface area contributed by atoms with Gasteiger partial charge in [0.1, 0.15) is 0 Å². The van der Waals surface area contributed by atoms with Gasteiger partial charge in [0.25, 0.3) is 0 Å². The summed E-state index contributed by atoms with van der Waals surface area (Å²) in [6.45, 7) is 4.37. The fourth-order valence-corrected chi connectivity index (χ4v) is 0.900. The molecule has 1 nitrogen and oxygen atoms in total. The van der Waals surface area contributed by atoms with E-state index in [0.717, 1.165) is 0 Å². The molecule has 0 spiro atoms. The van der Waals surface area contributed by atoms with Gasteiger partial charge in [0.05, 0.1) is 0 Å². The molecular formula is C8H17N. The van der Waals surface area contributed by atoms with E-state index in [9.17, 15) is 0 Å². The van der Waals surface area contributed by atoms with Crippen molar-refractivity contribution in [1.82, 2.24) is 4.90 Å². The van der Waals surface area contributed by atoms with Crippen molar-refractivity contribution in [3.05, 3.63) is 11.8 Å². The van der Waals surface area contributed by atoms with Crippen molar-refractivity contribution in [2.75, 3.05) is 14.1 Å². The van der Waals surface area contributed by atoms with Gasteiger partial charge >= 0.3 is 0 Å². The van der Waals surface area contributed by atoms with Crippen LogP contribution >= 0.6 is 0 Å². The van der Waals surface area contributed by atoms with Crippen LogP contribution in [-0.2, 0) is 0 Å². The Balaban J connectivity index is 3.55. The molecule has 0 N–H and O–H groups in total. The maximum Gasteiger partial charge on any atom is 0.00556 e. The normalized spacial score (nSPS) is 11.8. The molecule has 0 unspecified atom stereocenters. The second-order valence-electron chi connectivity index (χ2n) is 2.69. The number of hydrogen-bond donors (Lipinski definition) is 0. The largest absolute Gasteiger partial charge is 0.384 e. The summed E-state index contributed by atoms with van der Waals surface area (Å²) in [5.41, 5.74) is 1.46. The Morgan fingerprint density at radius 1 is 1.44 bits per heavy atom. The smallest absolute Gasteiger partial charge is 0.00556 e. The van der Waals surface area contributed by atoms with E-state index in [4.69, 9.17) is 0 Å². The highest BCUT2D eigenvalue weighted by atomic mass is 15.0. The van der Waals surface area contributed by atoms with Crippen LogP contribution in [0.3, 0.4) is 0 Å². The molecule has 0 aromatic carbocycles. The monoisotopic (exact) mass is 127 g/mol. The molecule has 0 fully saturated rings. The van der Waals surface area contributed by atoms with E-state index < -0.39 is 0 Å². The van der Waals surface area contributed by atoms with Crippen LogP contribution in [0.2, 0.25) is 0 Å². The molecule has 0 bridgehead atoms. The van der Waals surface area contributed by atoms with Crippen LogP contribution in [0.1, 0.15) is 26.7 Å². The van der Waals surface area contributed by atoms with E-state index in [1.54, 1.807) is 0 Å². The Labute approximate surface area is 58.4 Å². The summed E-state index contributed by atoms with van der Waals surface area (Å²) in [5, 5.41) is 0. The van der Waals surface area contributed by atoms with Crippen LogP contribution in [0.15, 0.2) is 11.8 Å². The molecule has 0 amide bonds. The molecule has 54 valence electrons. The first-order valence-electron chi connectivity index (χ1n) is 3.50. The van der Waals surface area contributed by atoms with Gasteiger partial charge in [-0.1, -0.05) is 18.9 Å². The zero-order valence-corrected chi connectivity index (χ0v) is 6.94. The molecule has 0 aromatic heterocycles. The lowest BCUT2D eigenvalue weighted by molar-refractivity contribution is 0.554. The highest BCUT2D eigenvalue weighted by molar-refractivity contribution is 4.95. The van der Waals surface area contributed by atoms with Crippen LogP contribution in [0.4, 0.5) is 0 Å². The quantitative estimate of drug-likeness (QED) is 0.562. The first-order valence-corrected chi connectivity index (χ1v) is 3.50. The van der Waals surface area contributed by atoms with E-state index in [-0.39, 0.29) is 0 Å². The predicted molar refractivity (Wildman–Crippen MR) is 42.4 cm³/mol. The standard InChI is InChI=1S/C8H17N/c1-5-6-8(2)7-9(3)4/h7H,5-6H2,1-4H3/b8-7-. The van der Waals surface area contributed by atoms with Crippen LogP contribution in [0.25, 0.3) is 0 Å². The fraction of sp³-hybridized carbons (Fsp3) is 0.750. The summed E-state index contributed by atoms with van der Waals surface area (Å²) < 4.78 is 0. The molecule has 0 radical (unpaired) electrons. The lowest BCUT2D eigenvalue weighted by Gasteiger charge is -2.06. The van der Waals surface area contributed by atoms with Crippen molar-refractivity contribution in [2.24, 2.45) is 0 Å². The Bertz CT molecular complexity index is 92.7. The lowest BCUT2D eigenvalue weighted by Crippen LogP contribution is -2.01. The average molecular weight is 127 g/mol. The maximum absolute atomic E-state index is 2.20. The first kappa shape index (κ1) is 8.54. The number of rotatable bonds is 3. The summed E-state index contributed by atoms with van der Waals surface area (Å²) in [7, 11) is 4.11. The Morgan fingerprint density at radius 3 is 2.33 bits per heavy atom. The minimum absolute atomic E-state index is 1.22. The van der Waals surface area contributed by atoms with Gasteiger partial charge in [-0.2, -0.15) is 0 Å². The summed E-state index contributed by atoms with van der Waals surface area (Å²) in [6.07, 6.45) is 4.64. The van der Waals surface area contributed by atoms with Gasteiger partial charge in [0.2, 0.25) is 0 Å². The lowest BCUT2D eigenvalue weighted by atomic mass is 10.2. The van der Waals surface area contributed by atoms with Crippen molar-refractivity contribution in [2.45, 2.75) is 26.7 Å². The molecule has 0 heterocycles. The predicted octanol–water partition coefficient (Wildman–Crippen LogP) is 2.25. The molecule has 0 rings (SSSR count). The van der Waals surface area contributed by atoms with E-state index >= 15 is 0 Å². The van der Waals surface area contributed by atoms with Gasteiger partial charge in [0, 0.05) is 14.1 Å². The third kappa shape index (κ3) is 5.41. The fourth-order valence-electron chi connectivity index (χ4n) is 0.900. The van der Waals surface area contributed by atoms with Gasteiger partial charge in [-0.15, -0.1) is 0 Å². The molecule has 0 saturated heterocycles. The molecule has 0 aliphatic heterocycles. The highest BCUT2D eigenvalue weighted by Gasteiger charge is 1.85. The SMILES string of the molecule is CCC/C(C)=C\N(C)C. The van der Waals surface area contributed by atoms with E-state index in [1.165, 1.54) is 18.4 Å². The molecular weight excluding hydrogens is 110 g/mol. The van der Waals surface area contributed by atoms with Crippen LogP contribution in [0, 0.1) is 0 Å². The van der Waals surface area contributed by atoms with Gasteiger partial charge < -0.3 is 4.90 Å². The second-order valence-corrected chi connectivity index (χ2v) is 2.69. The molecule has 1 heteroatoms. The van der Waals surface area contributed by atoms with Crippen molar-refractivity contribution in [3.8, 4) is 0 Å². The Hall–Kier alpha value is -0.460. The van der Waals surface area contributed by atoms with E-state index in [1.807, 2.05) is 0 Å². The number of hydrogen-bond acceptors (Lipinski definition) is 1. The zero-order valence-electron chi connectivity index (χ0n) is 6.94.